The van der Waals surface area contributed by atoms with E-state index in [2.05, 4.69) is 29.4 Å². The molecule has 2 amide bonds. The third-order valence-corrected chi connectivity index (χ3v) is 2.14. The monoisotopic (exact) mass is 180 g/mol. The van der Waals surface area contributed by atoms with Crippen LogP contribution in [0, 0.1) is 17.8 Å². The number of carbonyl (C=O) groups excluding carboxylic acids is 1. The summed E-state index contributed by atoms with van der Waals surface area (Å²) in [6, 6.07) is 0.338. The lowest BCUT2D eigenvalue weighted by Gasteiger charge is -2.04. The zero-order valence-corrected chi connectivity index (χ0v) is 8.18. The van der Waals surface area contributed by atoms with Crippen molar-refractivity contribution in [3.8, 4) is 11.8 Å². The van der Waals surface area contributed by atoms with Gasteiger partial charge >= 0.3 is 6.03 Å². The van der Waals surface area contributed by atoms with Crippen LogP contribution in [0.5, 0.6) is 0 Å². The van der Waals surface area contributed by atoms with Gasteiger partial charge in [0.05, 0.1) is 0 Å². The predicted octanol–water partition coefficient (Wildman–Crippen LogP) is 1.11. The van der Waals surface area contributed by atoms with Gasteiger partial charge in [0.2, 0.25) is 0 Å². The van der Waals surface area contributed by atoms with Crippen molar-refractivity contribution >= 4 is 6.03 Å². The molecular formula is C10H16N2O. The molecule has 1 aliphatic rings. The maximum absolute atomic E-state index is 11.1. The van der Waals surface area contributed by atoms with Crippen LogP contribution < -0.4 is 10.6 Å². The van der Waals surface area contributed by atoms with Crippen LogP contribution in [0.2, 0.25) is 0 Å². The SMILES string of the molecule is CC#CCCNC(=O)N[C@@H]1C[C@H]1C. The minimum Gasteiger partial charge on any atom is -0.337 e. The molecule has 3 heteroatoms. The molecule has 72 valence electrons. The number of hydrogen-bond acceptors (Lipinski definition) is 1. The quantitative estimate of drug-likeness (QED) is 0.495. The van der Waals surface area contributed by atoms with Gasteiger partial charge in [-0.15, -0.1) is 11.8 Å². The van der Waals surface area contributed by atoms with E-state index in [1.807, 2.05) is 0 Å². The Bertz CT molecular complexity index is 239. The first-order chi connectivity index (χ1) is 6.24. The van der Waals surface area contributed by atoms with Crippen LogP contribution in [0.3, 0.4) is 0 Å². The Hall–Kier alpha value is -1.17. The Morgan fingerprint density at radius 3 is 2.85 bits per heavy atom. The summed E-state index contributed by atoms with van der Waals surface area (Å²) in [5.74, 6) is 6.32. The largest absolute Gasteiger partial charge is 0.337 e. The minimum atomic E-state index is -0.0627. The van der Waals surface area contributed by atoms with Crippen molar-refractivity contribution in [2.75, 3.05) is 6.54 Å². The van der Waals surface area contributed by atoms with Gasteiger partial charge in [-0.2, -0.15) is 0 Å². The first-order valence-electron chi connectivity index (χ1n) is 4.68. The van der Waals surface area contributed by atoms with Crippen molar-refractivity contribution < 1.29 is 4.79 Å². The van der Waals surface area contributed by atoms with Gasteiger partial charge in [-0.3, -0.25) is 0 Å². The molecule has 3 nitrogen and oxygen atoms in total. The number of carbonyl (C=O) groups is 1. The molecule has 1 fully saturated rings. The van der Waals surface area contributed by atoms with Gasteiger partial charge in [0.1, 0.15) is 0 Å². The Kier molecular flexibility index (Phi) is 3.63. The van der Waals surface area contributed by atoms with Crippen molar-refractivity contribution in [1.82, 2.24) is 10.6 Å². The van der Waals surface area contributed by atoms with E-state index in [9.17, 15) is 4.79 Å². The second-order valence-corrected chi connectivity index (χ2v) is 3.40. The number of hydrogen-bond donors (Lipinski definition) is 2. The third kappa shape index (κ3) is 3.84. The first-order valence-corrected chi connectivity index (χ1v) is 4.68. The molecule has 0 heterocycles. The molecule has 0 bridgehead atoms. The summed E-state index contributed by atoms with van der Waals surface area (Å²) in [7, 11) is 0. The fourth-order valence-electron chi connectivity index (χ4n) is 1.11. The smallest absolute Gasteiger partial charge is 0.315 e. The summed E-state index contributed by atoms with van der Waals surface area (Å²) in [6.45, 7) is 4.56. The Labute approximate surface area is 79.3 Å². The third-order valence-electron chi connectivity index (χ3n) is 2.14. The summed E-state index contributed by atoms with van der Waals surface area (Å²) in [6.07, 6.45) is 1.84. The highest BCUT2D eigenvalue weighted by molar-refractivity contribution is 5.74. The highest BCUT2D eigenvalue weighted by Gasteiger charge is 2.33. The van der Waals surface area contributed by atoms with Gasteiger partial charge in [-0.25, -0.2) is 4.79 Å². The van der Waals surface area contributed by atoms with E-state index in [-0.39, 0.29) is 6.03 Å². The van der Waals surface area contributed by atoms with Gasteiger partial charge in [-0.05, 0) is 19.3 Å². The molecule has 1 saturated carbocycles. The topological polar surface area (TPSA) is 41.1 Å². The summed E-state index contributed by atoms with van der Waals surface area (Å²) in [5.41, 5.74) is 0. The molecule has 0 aromatic rings. The molecule has 1 rings (SSSR count). The highest BCUT2D eigenvalue weighted by Crippen LogP contribution is 2.28. The minimum absolute atomic E-state index is 0.0627. The van der Waals surface area contributed by atoms with Crippen LogP contribution in [0.1, 0.15) is 26.7 Å². The summed E-state index contributed by atoms with van der Waals surface area (Å²) < 4.78 is 0. The number of amides is 2. The Morgan fingerprint density at radius 1 is 1.62 bits per heavy atom. The lowest BCUT2D eigenvalue weighted by atomic mass is 10.4. The Morgan fingerprint density at radius 2 is 2.31 bits per heavy atom. The molecule has 13 heavy (non-hydrogen) atoms. The average molecular weight is 180 g/mol. The number of nitrogens with one attached hydrogen (secondary N) is 2. The molecule has 0 aromatic carbocycles. The van der Waals surface area contributed by atoms with Gasteiger partial charge in [0.15, 0.2) is 0 Å². The second-order valence-electron chi connectivity index (χ2n) is 3.40. The first kappa shape index (κ1) is 9.91. The normalized spacial score (nSPS) is 24.2. The van der Waals surface area contributed by atoms with Crippen molar-refractivity contribution in [3.63, 3.8) is 0 Å². The van der Waals surface area contributed by atoms with Crippen molar-refractivity contribution in [2.45, 2.75) is 32.7 Å². The van der Waals surface area contributed by atoms with Crippen LogP contribution in [0.15, 0.2) is 0 Å². The molecule has 2 atom stereocenters. The van der Waals surface area contributed by atoms with Crippen molar-refractivity contribution in [3.05, 3.63) is 0 Å². The molecule has 0 aromatic heterocycles. The maximum Gasteiger partial charge on any atom is 0.315 e. The molecule has 1 aliphatic carbocycles. The van der Waals surface area contributed by atoms with Crippen molar-refractivity contribution in [2.24, 2.45) is 5.92 Å². The molecule has 0 unspecified atom stereocenters. The molecule has 0 saturated heterocycles. The number of rotatable bonds is 3. The molecule has 0 radical (unpaired) electrons. The van der Waals surface area contributed by atoms with Crippen LogP contribution >= 0.6 is 0 Å². The average Bonchev–Trinajstić information content (AvgIpc) is 2.76. The summed E-state index contributed by atoms with van der Waals surface area (Å²) in [5, 5.41) is 5.64. The summed E-state index contributed by atoms with van der Waals surface area (Å²) >= 11 is 0. The second kappa shape index (κ2) is 4.76. The van der Waals surface area contributed by atoms with Gasteiger partial charge in [-0.1, -0.05) is 6.92 Å². The van der Waals surface area contributed by atoms with Crippen LogP contribution in [-0.2, 0) is 0 Å². The van der Waals surface area contributed by atoms with Gasteiger partial charge < -0.3 is 10.6 Å². The van der Waals surface area contributed by atoms with E-state index in [0.29, 0.717) is 18.5 Å². The van der Waals surface area contributed by atoms with Gasteiger partial charge in [0.25, 0.3) is 0 Å². The van der Waals surface area contributed by atoms with Gasteiger partial charge in [0, 0.05) is 19.0 Å². The fraction of sp³-hybridized carbons (Fsp3) is 0.700. The lowest BCUT2D eigenvalue weighted by molar-refractivity contribution is 0.240. The fourth-order valence-corrected chi connectivity index (χ4v) is 1.11. The van der Waals surface area contributed by atoms with Crippen LogP contribution in [0.25, 0.3) is 0 Å². The van der Waals surface area contributed by atoms with E-state index in [4.69, 9.17) is 0 Å². The zero-order valence-electron chi connectivity index (χ0n) is 8.18. The molecule has 0 aliphatic heterocycles. The standard InChI is InChI=1S/C10H16N2O/c1-3-4-5-6-11-10(13)12-9-7-8(9)2/h8-9H,5-7H2,1-2H3,(H2,11,12,13)/t8-,9-/m1/s1. The van der Waals surface area contributed by atoms with Crippen LogP contribution in [-0.4, -0.2) is 18.6 Å². The highest BCUT2D eigenvalue weighted by atomic mass is 16.2. The number of urea groups is 1. The van der Waals surface area contributed by atoms with E-state index in [1.165, 1.54) is 0 Å². The zero-order chi connectivity index (χ0) is 9.68. The summed E-state index contributed by atoms with van der Waals surface area (Å²) in [4.78, 5) is 11.1. The van der Waals surface area contributed by atoms with E-state index in [0.717, 1.165) is 12.8 Å². The van der Waals surface area contributed by atoms with E-state index < -0.39 is 0 Å². The molecule has 2 N–H and O–H groups in total. The molecule has 0 spiro atoms. The predicted molar refractivity (Wildman–Crippen MR) is 52.2 cm³/mol. The maximum atomic E-state index is 11.1. The lowest BCUT2D eigenvalue weighted by Crippen LogP contribution is -2.37. The van der Waals surface area contributed by atoms with E-state index >= 15 is 0 Å². The molecular weight excluding hydrogens is 164 g/mol. The van der Waals surface area contributed by atoms with Crippen LogP contribution in [0.4, 0.5) is 4.79 Å². The van der Waals surface area contributed by atoms with Crippen molar-refractivity contribution in [1.29, 1.82) is 0 Å². The Balaban J connectivity index is 2.00. The van der Waals surface area contributed by atoms with E-state index in [1.54, 1.807) is 6.92 Å².